The van der Waals surface area contributed by atoms with Crippen molar-refractivity contribution in [1.29, 1.82) is 0 Å². The number of aromatic nitrogens is 5. The summed E-state index contributed by atoms with van der Waals surface area (Å²) in [5, 5.41) is 10.1. The Balaban J connectivity index is 1.79. The van der Waals surface area contributed by atoms with Crippen LogP contribution in [0.5, 0.6) is 0 Å². The Kier molecular flexibility index (Phi) is 3.19. The molecule has 0 atom stereocenters. The maximum absolute atomic E-state index is 4.70. The van der Waals surface area contributed by atoms with E-state index in [1.54, 1.807) is 0 Å². The van der Waals surface area contributed by atoms with Gasteiger partial charge in [-0.05, 0) is 37.6 Å². The molecule has 1 aromatic carbocycles. The maximum Gasteiger partial charge on any atom is 0.181 e. The first-order valence-corrected chi connectivity index (χ1v) is 7.70. The fraction of sp³-hybridized carbons (Fsp3) is 0.167. The molecule has 0 saturated carbocycles. The Bertz CT molecular complexity index is 966. The first-order valence-electron chi connectivity index (χ1n) is 7.70. The molecule has 0 aliphatic heterocycles. The third kappa shape index (κ3) is 2.40. The van der Waals surface area contributed by atoms with Crippen molar-refractivity contribution in [1.82, 2.24) is 24.5 Å². The fourth-order valence-corrected chi connectivity index (χ4v) is 2.69. The van der Waals surface area contributed by atoms with Gasteiger partial charge in [0.05, 0.1) is 17.6 Å². The van der Waals surface area contributed by atoms with Gasteiger partial charge in [0, 0.05) is 29.9 Å². The molecule has 23 heavy (non-hydrogen) atoms. The van der Waals surface area contributed by atoms with E-state index in [-0.39, 0.29) is 0 Å². The summed E-state index contributed by atoms with van der Waals surface area (Å²) in [4.78, 5) is 4.70. The van der Waals surface area contributed by atoms with Crippen LogP contribution in [-0.4, -0.2) is 24.5 Å². The van der Waals surface area contributed by atoms with Crippen LogP contribution in [0.4, 0.5) is 0 Å². The van der Waals surface area contributed by atoms with E-state index in [9.17, 15) is 0 Å². The average molecular weight is 303 g/mol. The van der Waals surface area contributed by atoms with Crippen LogP contribution in [0, 0.1) is 6.92 Å². The lowest BCUT2D eigenvalue weighted by Gasteiger charge is -2.01. The highest BCUT2D eigenvalue weighted by molar-refractivity contribution is 5.81. The molecule has 0 radical (unpaired) electrons. The summed E-state index contributed by atoms with van der Waals surface area (Å²) < 4.78 is 3.78. The van der Waals surface area contributed by atoms with E-state index < -0.39 is 0 Å². The van der Waals surface area contributed by atoms with Crippen molar-refractivity contribution in [2.45, 2.75) is 20.4 Å². The molecule has 0 saturated heterocycles. The van der Waals surface area contributed by atoms with Gasteiger partial charge in [-0.2, -0.15) is 10.2 Å². The highest BCUT2D eigenvalue weighted by atomic mass is 15.3. The van der Waals surface area contributed by atoms with E-state index in [4.69, 9.17) is 4.98 Å². The van der Waals surface area contributed by atoms with Crippen molar-refractivity contribution >= 4 is 11.0 Å². The van der Waals surface area contributed by atoms with Gasteiger partial charge in [0.15, 0.2) is 5.65 Å². The van der Waals surface area contributed by atoms with E-state index in [2.05, 4.69) is 36.3 Å². The summed E-state index contributed by atoms with van der Waals surface area (Å²) in [6, 6.07) is 12.2. The van der Waals surface area contributed by atoms with Gasteiger partial charge < -0.3 is 0 Å². The van der Waals surface area contributed by atoms with Crippen molar-refractivity contribution < 1.29 is 0 Å². The lowest BCUT2D eigenvalue weighted by atomic mass is 10.1. The molecule has 0 spiro atoms. The third-order valence-corrected chi connectivity index (χ3v) is 3.97. The number of benzene rings is 1. The zero-order chi connectivity index (χ0) is 15.8. The van der Waals surface area contributed by atoms with Crippen molar-refractivity contribution in [3.63, 3.8) is 0 Å². The van der Waals surface area contributed by atoms with E-state index >= 15 is 0 Å². The van der Waals surface area contributed by atoms with Crippen molar-refractivity contribution in [3.8, 4) is 16.9 Å². The maximum atomic E-state index is 4.70. The number of rotatable bonds is 3. The van der Waals surface area contributed by atoms with E-state index in [1.165, 1.54) is 5.56 Å². The molecule has 0 amide bonds. The number of para-hydroxylation sites is 1. The zero-order valence-corrected chi connectivity index (χ0v) is 13.1. The molecule has 0 bridgehead atoms. The summed E-state index contributed by atoms with van der Waals surface area (Å²) >= 11 is 0. The highest BCUT2D eigenvalue weighted by Crippen LogP contribution is 2.24. The molecule has 0 N–H and O–H groups in total. The van der Waals surface area contributed by atoms with Crippen LogP contribution in [0.1, 0.15) is 12.5 Å². The minimum atomic E-state index is 0.786. The molecule has 3 heterocycles. The van der Waals surface area contributed by atoms with E-state index in [0.717, 1.165) is 34.5 Å². The Morgan fingerprint density at radius 1 is 1.09 bits per heavy atom. The second-order valence-electron chi connectivity index (χ2n) is 5.56. The molecule has 0 aliphatic carbocycles. The number of hydrogen-bond acceptors (Lipinski definition) is 3. The second kappa shape index (κ2) is 5.35. The Hall–Kier alpha value is -2.95. The molecule has 114 valence electrons. The SMILES string of the molecule is CCn1cc2c(C)cc(-c3cnn(-c4ccccc4)c3)nc2n1. The molecule has 0 aliphatic rings. The summed E-state index contributed by atoms with van der Waals surface area (Å²) in [6.07, 6.45) is 5.89. The lowest BCUT2D eigenvalue weighted by Crippen LogP contribution is -1.93. The molecule has 4 rings (SSSR count). The summed E-state index contributed by atoms with van der Waals surface area (Å²) in [5.41, 5.74) is 4.89. The van der Waals surface area contributed by atoms with Gasteiger partial charge in [0.2, 0.25) is 0 Å². The van der Waals surface area contributed by atoms with Gasteiger partial charge in [-0.1, -0.05) is 18.2 Å². The van der Waals surface area contributed by atoms with Gasteiger partial charge in [0.1, 0.15) is 0 Å². The first kappa shape index (κ1) is 13.7. The van der Waals surface area contributed by atoms with Crippen molar-refractivity contribution in [3.05, 3.63) is 60.6 Å². The number of fused-ring (bicyclic) bond motifs is 1. The van der Waals surface area contributed by atoms with Crippen LogP contribution in [0.2, 0.25) is 0 Å². The number of nitrogens with zero attached hydrogens (tertiary/aromatic N) is 5. The third-order valence-electron chi connectivity index (χ3n) is 3.97. The van der Waals surface area contributed by atoms with Crippen LogP contribution in [-0.2, 0) is 6.54 Å². The van der Waals surface area contributed by atoms with Crippen molar-refractivity contribution in [2.75, 3.05) is 0 Å². The predicted octanol–water partition coefficient (Wildman–Crippen LogP) is 3.61. The monoisotopic (exact) mass is 303 g/mol. The van der Waals surface area contributed by atoms with Crippen LogP contribution < -0.4 is 0 Å². The Morgan fingerprint density at radius 3 is 2.70 bits per heavy atom. The van der Waals surface area contributed by atoms with E-state index in [0.29, 0.717) is 0 Å². The van der Waals surface area contributed by atoms with Crippen LogP contribution >= 0.6 is 0 Å². The fourth-order valence-electron chi connectivity index (χ4n) is 2.69. The molecular formula is C18H17N5. The standard InChI is InChI=1S/C18H17N5/c1-3-22-12-16-13(2)9-17(20-18(16)21-22)14-10-19-23(11-14)15-7-5-4-6-8-15/h4-12H,3H2,1-2H3. The van der Waals surface area contributed by atoms with Crippen LogP contribution in [0.25, 0.3) is 28.0 Å². The quantitative estimate of drug-likeness (QED) is 0.581. The zero-order valence-electron chi connectivity index (χ0n) is 13.1. The minimum absolute atomic E-state index is 0.786. The molecule has 3 aromatic heterocycles. The summed E-state index contributed by atoms with van der Waals surface area (Å²) in [6.45, 7) is 5.01. The number of pyridine rings is 1. The predicted molar refractivity (Wildman–Crippen MR) is 90.5 cm³/mol. The lowest BCUT2D eigenvalue weighted by molar-refractivity contribution is 0.666. The number of aryl methyl sites for hydroxylation is 2. The molecule has 0 unspecified atom stereocenters. The molecular weight excluding hydrogens is 286 g/mol. The summed E-state index contributed by atoms with van der Waals surface area (Å²) in [7, 11) is 0. The Labute approximate surface area is 134 Å². The van der Waals surface area contributed by atoms with Gasteiger partial charge in [-0.3, -0.25) is 4.68 Å². The second-order valence-corrected chi connectivity index (χ2v) is 5.56. The van der Waals surface area contributed by atoms with Crippen LogP contribution in [0.3, 0.4) is 0 Å². The van der Waals surface area contributed by atoms with Gasteiger partial charge in [-0.25, -0.2) is 9.67 Å². The smallest absolute Gasteiger partial charge is 0.181 e. The molecule has 0 fully saturated rings. The number of hydrogen-bond donors (Lipinski definition) is 0. The van der Waals surface area contributed by atoms with Gasteiger partial charge in [0.25, 0.3) is 0 Å². The summed E-state index contributed by atoms with van der Waals surface area (Å²) in [5.74, 6) is 0. The Morgan fingerprint density at radius 2 is 1.91 bits per heavy atom. The van der Waals surface area contributed by atoms with Gasteiger partial charge in [-0.15, -0.1) is 0 Å². The normalized spacial score (nSPS) is 11.2. The molecule has 4 aromatic rings. The van der Waals surface area contributed by atoms with Crippen molar-refractivity contribution in [2.24, 2.45) is 0 Å². The largest absolute Gasteiger partial charge is 0.270 e. The molecule has 5 heteroatoms. The minimum Gasteiger partial charge on any atom is -0.270 e. The molecule has 5 nitrogen and oxygen atoms in total. The van der Waals surface area contributed by atoms with Gasteiger partial charge >= 0.3 is 0 Å². The van der Waals surface area contributed by atoms with E-state index in [1.807, 2.05) is 52.1 Å². The first-order chi connectivity index (χ1) is 11.2. The van der Waals surface area contributed by atoms with Crippen LogP contribution in [0.15, 0.2) is 55.0 Å². The highest BCUT2D eigenvalue weighted by Gasteiger charge is 2.10. The average Bonchev–Trinajstić information content (AvgIpc) is 3.22. The topological polar surface area (TPSA) is 48.5 Å².